The van der Waals surface area contributed by atoms with Crippen molar-refractivity contribution in [1.82, 2.24) is 9.97 Å². The highest BCUT2D eigenvalue weighted by atomic mass is 16.4. The van der Waals surface area contributed by atoms with E-state index in [0.29, 0.717) is 22.5 Å². The van der Waals surface area contributed by atoms with Crippen molar-refractivity contribution >= 4 is 28.8 Å². The minimum Gasteiger partial charge on any atom is -0.507 e. The lowest BCUT2D eigenvalue weighted by Crippen LogP contribution is -2.26. The molecule has 0 bridgehead atoms. The Morgan fingerprint density at radius 3 is 2.70 bits per heavy atom. The maximum atomic E-state index is 10.1. The topological polar surface area (TPSA) is 162 Å². The van der Waals surface area contributed by atoms with Crippen LogP contribution in [0.25, 0.3) is 22.7 Å². The van der Waals surface area contributed by atoms with Gasteiger partial charge >= 0.3 is 0 Å². The minimum atomic E-state index is -0.203. The molecule has 0 spiro atoms. The molecule has 9 nitrogen and oxygen atoms in total. The van der Waals surface area contributed by atoms with Gasteiger partial charge in [-0.3, -0.25) is 0 Å². The average Bonchev–Trinajstić information content (AvgIpc) is 2.89. The lowest BCUT2D eigenvalue weighted by atomic mass is 10.2. The number of oxazole rings is 1. The van der Waals surface area contributed by atoms with E-state index in [0.717, 1.165) is 0 Å². The molecule has 9 heteroatoms. The summed E-state index contributed by atoms with van der Waals surface area (Å²) in [6.07, 6.45) is 1.61. The monoisotopic (exact) mass is 311 g/mol. The number of phenolic OH excluding ortho intramolecular Hbond substituents is 1. The van der Waals surface area contributed by atoms with Crippen LogP contribution in [-0.4, -0.2) is 27.0 Å². The van der Waals surface area contributed by atoms with Gasteiger partial charge in [0.15, 0.2) is 17.2 Å². The molecule has 0 saturated heterocycles. The molecular weight excluding hydrogens is 298 g/mol. The first-order valence-electron chi connectivity index (χ1n) is 6.51. The Labute approximate surface area is 130 Å². The van der Waals surface area contributed by atoms with Gasteiger partial charge in [0.1, 0.15) is 5.75 Å². The van der Waals surface area contributed by atoms with Crippen molar-refractivity contribution in [3.63, 3.8) is 0 Å². The smallest absolute Gasteiger partial charge is 0.232 e. The average molecular weight is 311 g/mol. The van der Waals surface area contributed by atoms with Gasteiger partial charge in [-0.25, -0.2) is 9.98 Å². The van der Waals surface area contributed by atoms with Crippen molar-refractivity contribution in [2.75, 3.05) is 0 Å². The molecule has 0 aliphatic heterocycles. The van der Waals surface area contributed by atoms with E-state index in [1.807, 2.05) is 0 Å². The van der Waals surface area contributed by atoms with Crippen LogP contribution < -0.4 is 17.2 Å². The van der Waals surface area contributed by atoms with Crippen LogP contribution in [-0.2, 0) is 0 Å². The fourth-order valence-electron chi connectivity index (χ4n) is 1.94. The Kier molecular flexibility index (Phi) is 3.51. The number of phenols is 1. The lowest BCUT2D eigenvalue weighted by molar-refractivity contribution is 0.474. The SMILES string of the molecule is NC(N)=NC(N)=Nc1ccc(-c2nc3ncccc3o2)c(O)c1. The van der Waals surface area contributed by atoms with Crippen LogP contribution in [0.3, 0.4) is 0 Å². The Morgan fingerprint density at radius 1 is 1.17 bits per heavy atom. The molecule has 116 valence electrons. The fraction of sp³-hybridized carbons (Fsp3) is 0. The maximum Gasteiger partial charge on any atom is 0.232 e. The third-order valence-electron chi connectivity index (χ3n) is 2.86. The highest BCUT2D eigenvalue weighted by Gasteiger charge is 2.13. The Balaban J connectivity index is 1.97. The molecule has 3 rings (SSSR count). The van der Waals surface area contributed by atoms with Crippen molar-refractivity contribution in [3.05, 3.63) is 36.5 Å². The number of nitrogens with zero attached hydrogens (tertiary/aromatic N) is 4. The Bertz CT molecular complexity index is 893. The maximum absolute atomic E-state index is 10.1. The van der Waals surface area contributed by atoms with E-state index in [2.05, 4.69) is 20.0 Å². The van der Waals surface area contributed by atoms with E-state index in [-0.39, 0.29) is 23.6 Å². The molecule has 1 aromatic carbocycles. The van der Waals surface area contributed by atoms with Gasteiger partial charge in [0.25, 0.3) is 0 Å². The van der Waals surface area contributed by atoms with Crippen molar-refractivity contribution < 1.29 is 9.52 Å². The van der Waals surface area contributed by atoms with Crippen LogP contribution in [0, 0.1) is 0 Å². The molecule has 0 aliphatic carbocycles. The van der Waals surface area contributed by atoms with Crippen LogP contribution in [0.2, 0.25) is 0 Å². The number of nitrogens with two attached hydrogens (primary N) is 3. The summed E-state index contributed by atoms with van der Waals surface area (Å²) in [7, 11) is 0. The van der Waals surface area contributed by atoms with Gasteiger partial charge in [-0.15, -0.1) is 0 Å². The Hall–Kier alpha value is -3.62. The number of hydrogen-bond donors (Lipinski definition) is 4. The normalized spacial score (nSPS) is 11.6. The van der Waals surface area contributed by atoms with Gasteiger partial charge in [-0.1, -0.05) is 0 Å². The summed E-state index contributed by atoms with van der Waals surface area (Å²) in [4.78, 5) is 15.9. The second kappa shape index (κ2) is 5.64. The number of aliphatic imine (C=N–C) groups is 2. The van der Waals surface area contributed by atoms with Gasteiger partial charge in [-0.05, 0) is 24.3 Å². The lowest BCUT2D eigenvalue weighted by Gasteiger charge is -2.02. The quantitative estimate of drug-likeness (QED) is 0.402. The highest BCUT2D eigenvalue weighted by Crippen LogP contribution is 2.33. The summed E-state index contributed by atoms with van der Waals surface area (Å²) >= 11 is 0. The number of guanidine groups is 2. The van der Waals surface area contributed by atoms with Crippen LogP contribution in [0.1, 0.15) is 0 Å². The first-order chi connectivity index (χ1) is 11.0. The van der Waals surface area contributed by atoms with Crippen molar-refractivity contribution in [2.24, 2.45) is 27.2 Å². The van der Waals surface area contributed by atoms with Gasteiger partial charge in [0.05, 0.1) is 11.3 Å². The molecule has 2 heterocycles. The molecule has 0 fully saturated rings. The molecule has 0 amide bonds. The van der Waals surface area contributed by atoms with E-state index in [9.17, 15) is 5.11 Å². The van der Waals surface area contributed by atoms with Crippen molar-refractivity contribution in [1.29, 1.82) is 0 Å². The van der Waals surface area contributed by atoms with Crippen LogP contribution in [0.5, 0.6) is 5.75 Å². The highest BCUT2D eigenvalue weighted by molar-refractivity contribution is 5.93. The first kappa shape index (κ1) is 14.3. The molecule has 3 aromatic rings. The van der Waals surface area contributed by atoms with E-state index in [1.54, 1.807) is 30.5 Å². The van der Waals surface area contributed by atoms with E-state index >= 15 is 0 Å². The van der Waals surface area contributed by atoms with Gasteiger partial charge in [0, 0.05) is 12.3 Å². The number of pyridine rings is 1. The van der Waals surface area contributed by atoms with Gasteiger partial charge in [-0.2, -0.15) is 9.98 Å². The van der Waals surface area contributed by atoms with Crippen LogP contribution >= 0.6 is 0 Å². The van der Waals surface area contributed by atoms with E-state index < -0.39 is 0 Å². The Morgan fingerprint density at radius 2 is 2.00 bits per heavy atom. The predicted molar refractivity (Wildman–Crippen MR) is 86.0 cm³/mol. The number of benzene rings is 1. The van der Waals surface area contributed by atoms with Crippen LogP contribution in [0.15, 0.2) is 50.9 Å². The molecule has 2 aromatic heterocycles. The molecule has 0 unspecified atom stereocenters. The molecule has 0 aliphatic rings. The third kappa shape index (κ3) is 3.02. The first-order valence-corrected chi connectivity index (χ1v) is 6.51. The molecule has 0 atom stereocenters. The van der Waals surface area contributed by atoms with Gasteiger partial charge in [0.2, 0.25) is 11.9 Å². The van der Waals surface area contributed by atoms with E-state index in [1.165, 1.54) is 6.07 Å². The summed E-state index contributed by atoms with van der Waals surface area (Å²) in [6.45, 7) is 0. The molecule has 0 radical (unpaired) electrons. The molecule has 7 N–H and O–H groups in total. The summed E-state index contributed by atoms with van der Waals surface area (Å²) in [5.74, 6) is -0.145. The number of aromatic hydroxyl groups is 1. The molecule has 0 saturated carbocycles. The summed E-state index contributed by atoms with van der Waals surface area (Å²) in [5, 5.41) is 10.1. The third-order valence-corrected chi connectivity index (χ3v) is 2.86. The second-order valence-corrected chi connectivity index (χ2v) is 4.55. The molecule has 23 heavy (non-hydrogen) atoms. The van der Waals surface area contributed by atoms with Crippen molar-refractivity contribution in [3.8, 4) is 17.2 Å². The predicted octanol–water partition coefficient (Wildman–Crippen LogP) is 0.815. The fourth-order valence-corrected chi connectivity index (χ4v) is 1.94. The standard InChI is InChI=1S/C14H13N7O2/c15-13(16)21-14(17)19-7-3-4-8(9(22)6-7)12-20-11-10(23-12)2-1-5-18-11/h1-6,22H,(H6,15,16,17,19,21). The van der Waals surface area contributed by atoms with Crippen molar-refractivity contribution in [2.45, 2.75) is 0 Å². The molecular formula is C14H13N7O2. The van der Waals surface area contributed by atoms with Crippen LogP contribution in [0.4, 0.5) is 5.69 Å². The number of aromatic nitrogens is 2. The summed E-state index contributed by atoms with van der Waals surface area (Å²) in [6, 6.07) is 8.09. The number of rotatable bonds is 2. The largest absolute Gasteiger partial charge is 0.507 e. The zero-order valence-corrected chi connectivity index (χ0v) is 11.8. The second-order valence-electron chi connectivity index (χ2n) is 4.55. The van der Waals surface area contributed by atoms with E-state index in [4.69, 9.17) is 21.6 Å². The summed E-state index contributed by atoms with van der Waals surface area (Å²) in [5.41, 5.74) is 17.7. The number of hydrogen-bond acceptors (Lipinski definition) is 5. The van der Waals surface area contributed by atoms with Gasteiger partial charge < -0.3 is 26.7 Å². The number of fused-ring (bicyclic) bond motifs is 1. The zero-order chi connectivity index (χ0) is 16.4. The minimum absolute atomic E-state index is 0.0738. The summed E-state index contributed by atoms with van der Waals surface area (Å²) < 4.78 is 5.56. The zero-order valence-electron chi connectivity index (χ0n) is 11.8.